The minimum atomic E-state index is -1.26. The second-order valence-corrected chi connectivity index (χ2v) is 7.97. The van der Waals surface area contributed by atoms with Gasteiger partial charge in [0.2, 0.25) is 0 Å². The van der Waals surface area contributed by atoms with Crippen molar-refractivity contribution < 1.29 is 19.5 Å². The molecule has 8 nitrogen and oxygen atoms in total. The summed E-state index contributed by atoms with van der Waals surface area (Å²) in [6.07, 6.45) is 2.31. The summed E-state index contributed by atoms with van der Waals surface area (Å²) in [6, 6.07) is -0.817. The molecule has 3 rings (SSSR count). The first-order chi connectivity index (χ1) is 12.3. The smallest absolute Gasteiger partial charge is 0.353 e. The predicted molar refractivity (Wildman–Crippen MR) is 100 cm³/mol. The Morgan fingerprint density at radius 1 is 1.58 bits per heavy atom. The molecule has 0 bridgehead atoms. The number of nitrogens with one attached hydrogen (secondary N) is 1. The van der Waals surface area contributed by atoms with Crippen LogP contribution in [0.15, 0.2) is 22.2 Å². The maximum Gasteiger partial charge on any atom is 0.353 e. The lowest BCUT2D eigenvalue weighted by Gasteiger charge is -2.48. The van der Waals surface area contributed by atoms with E-state index in [2.05, 4.69) is 10.3 Å². The average molecular weight is 415 g/mol. The molecule has 2 aliphatic heterocycles. The number of carbonyl (C=O) groups excluding carboxylic acids is 2. The van der Waals surface area contributed by atoms with Gasteiger partial charge in [0.15, 0.2) is 5.13 Å². The minimum absolute atomic E-state index is 0.112. The first-order valence-corrected chi connectivity index (χ1v) is 9.94. The topological polar surface area (TPSA) is 126 Å². The standard InChI is InChI=1S/C15H15ClN4O4S2/c1-2-3-6(8-5-26-15(17)18-8)11(21)19-9-12(22)20-10(14(23)24)7(16)4-25-13(9)20/h3,5,9,13H,2,4H2,1H3,(H2,17,18)(H,19,21)(H,23,24)/b6-3-/t9-,13-/m1/s1. The SMILES string of the molecule is CC/C=C(\C(=O)N[C@@H]1C(=O)N2C(C(=O)O)=C(Cl)CS[C@H]12)c1csc(N)n1. The number of β-lactam (4-membered cyclic amide) rings is 1. The lowest BCUT2D eigenvalue weighted by molar-refractivity contribution is -0.150. The fourth-order valence-electron chi connectivity index (χ4n) is 2.73. The quantitative estimate of drug-likeness (QED) is 0.491. The largest absolute Gasteiger partial charge is 0.477 e. The predicted octanol–water partition coefficient (Wildman–Crippen LogP) is 1.45. The number of fused-ring (bicyclic) bond motifs is 1. The molecular weight excluding hydrogens is 400 g/mol. The van der Waals surface area contributed by atoms with E-state index in [4.69, 9.17) is 17.3 Å². The molecule has 3 heterocycles. The summed E-state index contributed by atoms with van der Waals surface area (Å²) in [4.78, 5) is 41.6. The zero-order valence-corrected chi connectivity index (χ0v) is 16.0. The number of amides is 2. The molecule has 0 spiro atoms. The molecule has 1 saturated heterocycles. The number of aliphatic carboxylic acids is 1. The number of halogens is 1. The van der Waals surface area contributed by atoms with Crippen LogP contribution in [0.1, 0.15) is 19.0 Å². The minimum Gasteiger partial charge on any atom is -0.477 e. The highest BCUT2D eigenvalue weighted by Gasteiger charge is 2.54. The molecule has 2 atom stereocenters. The third kappa shape index (κ3) is 3.19. The van der Waals surface area contributed by atoms with Crippen LogP contribution in [0, 0.1) is 0 Å². The van der Waals surface area contributed by atoms with Crippen molar-refractivity contribution >= 4 is 63.2 Å². The Kier molecular flexibility index (Phi) is 5.26. The number of nitrogens with zero attached hydrogens (tertiary/aromatic N) is 2. The summed E-state index contributed by atoms with van der Waals surface area (Å²) in [7, 11) is 0. The second kappa shape index (κ2) is 7.29. The van der Waals surface area contributed by atoms with Gasteiger partial charge in [-0.15, -0.1) is 23.1 Å². The fourth-order valence-corrected chi connectivity index (χ4v) is 4.84. The van der Waals surface area contributed by atoms with Crippen LogP contribution >= 0.6 is 34.7 Å². The zero-order chi connectivity index (χ0) is 19.0. The van der Waals surface area contributed by atoms with Crippen molar-refractivity contribution in [1.82, 2.24) is 15.2 Å². The summed E-state index contributed by atoms with van der Waals surface area (Å²) in [5, 5.41) is 13.6. The maximum atomic E-state index is 12.7. The third-order valence-electron chi connectivity index (χ3n) is 3.86. The molecule has 0 unspecified atom stereocenters. The summed E-state index contributed by atoms with van der Waals surface area (Å²) >= 11 is 8.46. The highest BCUT2D eigenvalue weighted by Crippen LogP contribution is 2.41. The van der Waals surface area contributed by atoms with Gasteiger partial charge < -0.3 is 16.2 Å². The van der Waals surface area contributed by atoms with Crippen molar-refractivity contribution in [3.8, 4) is 0 Å². The van der Waals surface area contributed by atoms with E-state index in [9.17, 15) is 19.5 Å². The Morgan fingerprint density at radius 2 is 2.31 bits per heavy atom. The normalized spacial score (nSPS) is 22.8. The zero-order valence-electron chi connectivity index (χ0n) is 13.6. The fraction of sp³-hybridized carbons (Fsp3) is 0.333. The van der Waals surface area contributed by atoms with Crippen LogP contribution < -0.4 is 11.1 Å². The summed E-state index contributed by atoms with van der Waals surface area (Å²) in [5.74, 6) is -1.94. The molecule has 26 heavy (non-hydrogen) atoms. The van der Waals surface area contributed by atoms with Crippen LogP contribution in [0.5, 0.6) is 0 Å². The molecule has 0 radical (unpaired) electrons. The molecule has 0 aromatic carbocycles. The van der Waals surface area contributed by atoms with E-state index in [-0.39, 0.29) is 16.5 Å². The number of rotatable bonds is 5. The number of carboxylic acids is 1. The number of thioether (sulfide) groups is 1. The van der Waals surface area contributed by atoms with Gasteiger partial charge in [0.1, 0.15) is 17.1 Å². The van der Waals surface area contributed by atoms with Crippen molar-refractivity contribution in [1.29, 1.82) is 0 Å². The Balaban J connectivity index is 1.78. The molecule has 0 saturated carbocycles. The van der Waals surface area contributed by atoms with Gasteiger partial charge in [-0.3, -0.25) is 14.5 Å². The van der Waals surface area contributed by atoms with E-state index >= 15 is 0 Å². The highest BCUT2D eigenvalue weighted by molar-refractivity contribution is 8.00. The number of thiazole rings is 1. The van der Waals surface area contributed by atoms with Gasteiger partial charge in [-0.1, -0.05) is 24.6 Å². The monoisotopic (exact) mass is 414 g/mol. The van der Waals surface area contributed by atoms with E-state index in [0.717, 1.165) is 4.90 Å². The van der Waals surface area contributed by atoms with Crippen LogP contribution in [0.25, 0.3) is 5.57 Å². The highest BCUT2D eigenvalue weighted by atomic mass is 35.5. The van der Waals surface area contributed by atoms with Crippen molar-refractivity contribution in [3.63, 3.8) is 0 Å². The van der Waals surface area contributed by atoms with Gasteiger partial charge in [-0.25, -0.2) is 9.78 Å². The molecule has 2 aliphatic rings. The lowest BCUT2D eigenvalue weighted by Crippen LogP contribution is -2.70. The molecule has 1 aromatic rings. The molecule has 0 aliphatic carbocycles. The molecule has 2 amide bonds. The van der Waals surface area contributed by atoms with Gasteiger partial charge in [0.25, 0.3) is 11.8 Å². The second-order valence-electron chi connectivity index (χ2n) is 5.52. The van der Waals surface area contributed by atoms with E-state index in [0.29, 0.717) is 22.8 Å². The van der Waals surface area contributed by atoms with Gasteiger partial charge >= 0.3 is 5.97 Å². The first-order valence-electron chi connectivity index (χ1n) is 7.64. The van der Waals surface area contributed by atoms with Crippen LogP contribution in [0.2, 0.25) is 0 Å². The van der Waals surface area contributed by atoms with Crippen LogP contribution in [0.3, 0.4) is 0 Å². The number of nitrogens with two attached hydrogens (primary N) is 1. The van der Waals surface area contributed by atoms with E-state index in [1.54, 1.807) is 11.5 Å². The lowest BCUT2D eigenvalue weighted by atomic mass is 10.0. The number of anilines is 1. The Hall–Kier alpha value is -2.04. The third-order valence-corrected chi connectivity index (χ3v) is 6.29. The van der Waals surface area contributed by atoms with Crippen LogP contribution in [-0.4, -0.2) is 49.9 Å². The maximum absolute atomic E-state index is 12.7. The summed E-state index contributed by atoms with van der Waals surface area (Å²) in [6.45, 7) is 1.88. The number of nitrogen functional groups attached to an aromatic ring is 1. The Morgan fingerprint density at radius 3 is 2.88 bits per heavy atom. The summed E-state index contributed by atoms with van der Waals surface area (Å²) < 4.78 is 0. The van der Waals surface area contributed by atoms with Crippen LogP contribution in [0.4, 0.5) is 5.13 Å². The molecule has 4 N–H and O–H groups in total. The van der Waals surface area contributed by atoms with Crippen LogP contribution in [-0.2, 0) is 14.4 Å². The Labute approximate surface area is 162 Å². The van der Waals surface area contributed by atoms with Crippen molar-refractivity contribution in [2.75, 3.05) is 11.5 Å². The van der Waals surface area contributed by atoms with E-state index in [1.807, 2.05) is 6.92 Å². The number of aromatic nitrogens is 1. The van der Waals surface area contributed by atoms with Gasteiger partial charge in [0, 0.05) is 11.1 Å². The molecule has 11 heteroatoms. The van der Waals surface area contributed by atoms with E-state index in [1.165, 1.54) is 23.1 Å². The first kappa shape index (κ1) is 18.7. The van der Waals surface area contributed by atoms with Crippen molar-refractivity contribution in [2.24, 2.45) is 0 Å². The molecular formula is C15H15ClN4O4S2. The molecule has 1 aromatic heterocycles. The Bertz CT molecular complexity index is 850. The number of hydrogen-bond acceptors (Lipinski definition) is 7. The van der Waals surface area contributed by atoms with Crippen molar-refractivity contribution in [2.45, 2.75) is 24.8 Å². The van der Waals surface area contributed by atoms with Crippen molar-refractivity contribution in [3.05, 3.63) is 27.9 Å². The van der Waals surface area contributed by atoms with E-state index < -0.39 is 29.2 Å². The number of carbonyl (C=O) groups is 3. The van der Waals surface area contributed by atoms with Gasteiger partial charge in [-0.2, -0.15) is 0 Å². The van der Waals surface area contributed by atoms with Gasteiger partial charge in [0.05, 0.1) is 16.3 Å². The number of hydrogen-bond donors (Lipinski definition) is 3. The summed E-state index contributed by atoms with van der Waals surface area (Å²) in [5.41, 5.74) is 6.19. The van der Waals surface area contributed by atoms with Gasteiger partial charge in [-0.05, 0) is 6.42 Å². The number of carboxylic acid groups (broad SMARTS) is 1. The molecule has 1 fully saturated rings. The average Bonchev–Trinajstić information content (AvgIpc) is 3.02. The molecule has 138 valence electrons. The number of allylic oxidation sites excluding steroid dienone is 1.